The van der Waals surface area contributed by atoms with E-state index in [-0.39, 0.29) is 18.6 Å². The van der Waals surface area contributed by atoms with Gasteiger partial charge in [-0.2, -0.15) is 0 Å². The predicted octanol–water partition coefficient (Wildman–Crippen LogP) is 1.31. The number of benzene rings is 2. The van der Waals surface area contributed by atoms with Crippen molar-refractivity contribution in [1.29, 1.82) is 0 Å². The molecule has 0 fully saturated rings. The van der Waals surface area contributed by atoms with E-state index >= 15 is 0 Å². The molecule has 1 amide bonds. The number of phenols is 2. The molecule has 10 nitrogen and oxygen atoms in total. The first-order valence-electron chi connectivity index (χ1n) is 8.40. The molecule has 0 aliphatic rings. The van der Waals surface area contributed by atoms with E-state index in [2.05, 4.69) is 9.84 Å². The molecule has 11 heteroatoms. The van der Waals surface area contributed by atoms with E-state index < -0.39 is 37.2 Å². The molecule has 0 saturated heterocycles. The van der Waals surface area contributed by atoms with E-state index in [1.165, 1.54) is 18.2 Å². The fourth-order valence-electron chi connectivity index (χ4n) is 2.52. The summed E-state index contributed by atoms with van der Waals surface area (Å²) in [6.45, 7) is 0. The molecule has 1 atom stereocenters. The van der Waals surface area contributed by atoms with Gasteiger partial charge in [0.2, 0.25) is 5.91 Å². The van der Waals surface area contributed by atoms with Crippen LogP contribution in [-0.2, 0) is 27.0 Å². The molecule has 1 unspecified atom stereocenters. The molecule has 156 valence electrons. The van der Waals surface area contributed by atoms with Gasteiger partial charge in [-0.1, -0.05) is 18.2 Å². The third-order valence-electron chi connectivity index (χ3n) is 3.89. The summed E-state index contributed by atoms with van der Waals surface area (Å²) in [5.74, 6) is -2.70. The van der Waals surface area contributed by atoms with E-state index in [0.29, 0.717) is 12.0 Å². The summed E-state index contributed by atoms with van der Waals surface area (Å²) in [5, 5.41) is 30.8. The van der Waals surface area contributed by atoms with E-state index in [9.17, 15) is 29.5 Å². The van der Waals surface area contributed by atoms with Gasteiger partial charge in [-0.25, -0.2) is 9.36 Å². The molecule has 0 aromatic heterocycles. The summed E-state index contributed by atoms with van der Waals surface area (Å²) >= 11 is 0. The molecule has 2 aromatic rings. The van der Waals surface area contributed by atoms with E-state index in [1.54, 1.807) is 12.1 Å². The number of phenolic OH excluding ortho intramolecular Hbond substituents is 2. The minimum atomic E-state index is -4.85. The normalized spacial score (nSPS) is 12.2. The number of amides is 1. The van der Waals surface area contributed by atoms with Crippen molar-refractivity contribution in [2.24, 2.45) is 0 Å². The number of carbonyl (C=O) groups excluding carboxylic acids is 1. The summed E-state index contributed by atoms with van der Waals surface area (Å²) in [7, 11) is -4.85. The number of aryl methyl sites for hydroxylation is 1. The first kappa shape index (κ1) is 22.2. The van der Waals surface area contributed by atoms with Gasteiger partial charge in [-0.3, -0.25) is 14.6 Å². The molecule has 0 spiro atoms. The molecule has 0 heterocycles. The molecular weight excluding hydrogens is 405 g/mol. The number of aliphatic carboxylic acids is 1. The highest BCUT2D eigenvalue weighted by Crippen LogP contribution is 2.41. The number of carbonyl (C=O) groups is 2. The Kier molecular flexibility index (Phi) is 7.22. The van der Waals surface area contributed by atoms with Crippen molar-refractivity contribution >= 4 is 19.7 Å². The van der Waals surface area contributed by atoms with Crippen molar-refractivity contribution < 1.29 is 43.8 Å². The van der Waals surface area contributed by atoms with Gasteiger partial charge in [-0.05, 0) is 41.8 Å². The number of phosphoric acid groups is 1. The monoisotopic (exact) mass is 425 g/mol. The number of carboxylic acid groups (broad SMARTS) is 1. The summed E-state index contributed by atoms with van der Waals surface area (Å²) in [4.78, 5) is 41.1. The lowest BCUT2D eigenvalue weighted by atomic mass is 10.0. The first-order valence-corrected chi connectivity index (χ1v) is 9.93. The third kappa shape index (κ3) is 7.46. The smallest absolute Gasteiger partial charge is 0.508 e. The zero-order chi connectivity index (χ0) is 21.6. The molecule has 6 N–H and O–H groups in total. The number of hydrogen-bond donors (Lipinski definition) is 6. The minimum Gasteiger partial charge on any atom is -0.508 e. The second-order valence-corrected chi connectivity index (χ2v) is 7.38. The predicted molar refractivity (Wildman–Crippen MR) is 100 cm³/mol. The van der Waals surface area contributed by atoms with Crippen molar-refractivity contribution in [2.75, 3.05) is 0 Å². The lowest BCUT2D eigenvalue weighted by Gasteiger charge is -2.16. The third-order valence-corrected chi connectivity index (χ3v) is 4.33. The highest BCUT2D eigenvalue weighted by Gasteiger charge is 2.22. The average molecular weight is 425 g/mol. The number of hydrogen-bond acceptors (Lipinski definition) is 6. The summed E-state index contributed by atoms with van der Waals surface area (Å²) < 4.78 is 15.1. The summed E-state index contributed by atoms with van der Waals surface area (Å²) in [6.07, 6.45) is 0.229. The van der Waals surface area contributed by atoms with Crippen molar-refractivity contribution in [1.82, 2.24) is 5.32 Å². The minimum absolute atomic E-state index is 0.0366. The van der Waals surface area contributed by atoms with Gasteiger partial charge in [0.1, 0.15) is 11.8 Å². The van der Waals surface area contributed by atoms with Gasteiger partial charge >= 0.3 is 13.8 Å². The molecule has 0 saturated carbocycles. The van der Waals surface area contributed by atoms with Crippen LogP contribution in [0.1, 0.15) is 17.5 Å². The Balaban J connectivity index is 1.98. The van der Waals surface area contributed by atoms with E-state index in [1.807, 2.05) is 0 Å². The van der Waals surface area contributed by atoms with E-state index in [0.717, 1.165) is 17.7 Å². The van der Waals surface area contributed by atoms with Crippen LogP contribution in [0.15, 0.2) is 42.5 Å². The van der Waals surface area contributed by atoms with Crippen LogP contribution in [0.2, 0.25) is 0 Å². The topological polar surface area (TPSA) is 174 Å². The molecule has 0 bridgehead atoms. The number of aromatic hydroxyl groups is 2. The lowest BCUT2D eigenvalue weighted by Crippen LogP contribution is -2.42. The number of nitrogens with one attached hydrogen (secondary N) is 1. The molecule has 2 rings (SSSR count). The maximum atomic E-state index is 12.1. The van der Waals surface area contributed by atoms with Crippen LogP contribution >= 0.6 is 7.82 Å². The fraction of sp³-hybridized carbons (Fsp3) is 0.222. The van der Waals surface area contributed by atoms with Crippen molar-refractivity contribution in [3.8, 4) is 17.2 Å². The Morgan fingerprint density at radius 3 is 2.21 bits per heavy atom. The SMILES string of the molecule is O=C(CCc1ccc(O)cc1)NC(Cc1ccc(OP(=O)(O)O)c(O)c1)C(=O)O. The molecule has 0 aliphatic carbocycles. The maximum Gasteiger partial charge on any atom is 0.524 e. The molecule has 0 aliphatic heterocycles. The van der Waals surface area contributed by atoms with Crippen molar-refractivity contribution in [3.05, 3.63) is 53.6 Å². The number of carboxylic acids is 1. The summed E-state index contributed by atoms with van der Waals surface area (Å²) in [5.41, 5.74) is 1.11. The quantitative estimate of drug-likeness (QED) is 0.324. The van der Waals surface area contributed by atoms with Gasteiger partial charge < -0.3 is 25.2 Å². The number of phosphoric ester groups is 1. The van der Waals surface area contributed by atoms with Crippen LogP contribution in [0.3, 0.4) is 0 Å². The maximum absolute atomic E-state index is 12.1. The van der Waals surface area contributed by atoms with Gasteiger partial charge in [0, 0.05) is 12.8 Å². The van der Waals surface area contributed by atoms with Crippen LogP contribution in [0.5, 0.6) is 17.2 Å². The zero-order valence-corrected chi connectivity index (χ0v) is 16.0. The van der Waals surface area contributed by atoms with Crippen LogP contribution in [0.4, 0.5) is 0 Å². The summed E-state index contributed by atoms with van der Waals surface area (Å²) in [6, 6.07) is 8.53. The van der Waals surface area contributed by atoms with Gasteiger partial charge in [-0.15, -0.1) is 0 Å². The molecular formula is C18H20NO9P. The Morgan fingerprint density at radius 2 is 1.66 bits per heavy atom. The largest absolute Gasteiger partial charge is 0.524 e. The highest BCUT2D eigenvalue weighted by molar-refractivity contribution is 7.46. The standard InChI is InChI=1S/C18H20NO9P/c20-13-5-1-11(2-6-13)4-8-17(22)19-14(18(23)24)9-12-3-7-16(15(21)10-12)28-29(25,26)27/h1-3,5-7,10,14,20-21H,4,8-9H2,(H,19,22)(H,23,24)(H2,25,26,27). The molecule has 2 aromatic carbocycles. The van der Waals surface area contributed by atoms with E-state index in [4.69, 9.17) is 9.79 Å². The average Bonchev–Trinajstić information content (AvgIpc) is 2.62. The van der Waals surface area contributed by atoms with Crippen LogP contribution in [0.25, 0.3) is 0 Å². The zero-order valence-electron chi connectivity index (χ0n) is 15.1. The Hall–Kier alpha value is -3.07. The second kappa shape index (κ2) is 9.42. The lowest BCUT2D eigenvalue weighted by molar-refractivity contribution is -0.141. The first-order chi connectivity index (χ1) is 13.5. The molecule has 0 radical (unpaired) electrons. The van der Waals surface area contributed by atoms with Crippen molar-refractivity contribution in [3.63, 3.8) is 0 Å². The fourth-order valence-corrected chi connectivity index (χ4v) is 2.93. The second-order valence-electron chi connectivity index (χ2n) is 6.21. The Morgan fingerprint density at radius 1 is 1.03 bits per heavy atom. The van der Waals surface area contributed by atoms with Gasteiger partial charge in [0.15, 0.2) is 11.5 Å². The highest BCUT2D eigenvalue weighted by atomic mass is 31.2. The van der Waals surface area contributed by atoms with Crippen LogP contribution in [0, 0.1) is 0 Å². The van der Waals surface area contributed by atoms with Gasteiger partial charge in [0.05, 0.1) is 0 Å². The van der Waals surface area contributed by atoms with Crippen LogP contribution < -0.4 is 9.84 Å². The number of rotatable bonds is 9. The Labute approximate surface area is 165 Å². The van der Waals surface area contributed by atoms with Gasteiger partial charge in [0.25, 0.3) is 0 Å². The Bertz CT molecular complexity index is 923. The van der Waals surface area contributed by atoms with Crippen molar-refractivity contribution in [2.45, 2.75) is 25.3 Å². The molecule has 29 heavy (non-hydrogen) atoms. The van der Waals surface area contributed by atoms with Crippen LogP contribution in [-0.4, -0.2) is 43.0 Å².